The average molecular weight is 259 g/mol. The van der Waals surface area contributed by atoms with Gasteiger partial charge >= 0.3 is 0 Å². The van der Waals surface area contributed by atoms with Gasteiger partial charge in [-0.15, -0.1) is 0 Å². The summed E-state index contributed by atoms with van der Waals surface area (Å²) in [5.41, 5.74) is 9.47. The van der Waals surface area contributed by atoms with Gasteiger partial charge in [0.2, 0.25) is 5.91 Å². The Morgan fingerprint density at radius 2 is 1.63 bits per heavy atom. The van der Waals surface area contributed by atoms with Gasteiger partial charge in [0, 0.05) is 11.3 Å². The van der Waals surface area contributed by atoms with Crippen LogP contribution in [0.4, 0.5) is 0 Å². The van der Waals surface area contributed by atoms with Crippen LogP contribution in [-0.2, 0) is 11.2 Å². The molecule has 4 nitrogen and oxygen atoms in total. The normalized spacial score (nSPS) is 9.89. The van der Waals surface area contributed by atoms with Crippen molar-refractivity contribution in [3.8, 4) is 0 Å². The smallest absolute Gasteiger partial charge is 0.218 e. The summed E-state index contributed by atoms with van der Waals surface area (Å²) in [5.74, 6) is -0.341. The lowest BCUT2D eigenvalue weighted by Gasteiger charge is -2.02. The predicted molar refractivity (Wildman–Crippen MR) is 76.6 cm³/mol. The summed E-state index contributed by atoms with van der Waals surface area (Å²) in [4.78, 5) is 13.4. The van der Waals surface area contributed by atoms with Crippen LogP contribution >= 0.6 is 0 Å². The molecule has 0 aromatic heterocycles. The number of rotatable bonds is 9. The van der Waals surface area contributed by atoms with Gasteiger partial charge in [-0.3, -0.25) is 4.79 Å². The molecule has 0 saturated heterocycles. The quantitative estimate of drug-likeness (QED) is 0.272. The highest BCUT2D eigenvalue weighted by atomic mass is 16.1. The number of amides is 1. The number of unbranched alkanes of at least 4 members (excludes halogenated alkanes) is 5. The van der Waals surface area contributed by atoms with Crippen molar-refractivity contribution in [2.75, 3.05) is 0 Å². The van der Waals surface area contributed by atoms with E-state index in [0.29, 0.717) is 6.42 Å². The number of nitrogens with zero attached hydrogens (tertiary/aromatic N) is 3. The molecule has 0 saturated carbocycles. The molecule has 0 spiro atoms. The van der Waals surface area contributed by atoms with Crippen LogP contribution in [0.15, 0.2) is 35.4 Å². The Labute approximate surface area is 114 Å². The topological polar surface area (TPSA) is 65.8 Å². The zero-order valence-electron chi connectivity index (χ0n) is 11.3. The van der Waals surface area contributed by atoms with Crippen LogP contribution in [0.25, 0.3) is 10.4 Å². The molecule has 1 aromatic carbocycles. The molecular formula is C15H21N3O. The van der Waals surface area contributed by atoms with E-state index in [-0.39, 0.29) is 5.91 Å². The van der Waals surface area contributed by atoms with E-state index in [2.05, 4.69) is 34.3 Å². The number of carbonyl (C=O) groups is 1. The number of hydrogen-bond donors (Lipinski definition) is 0. The Hall–Kier alpha value is -1.80. The van der Waals surface area contributed by atoms with Crippen molar-refractivity contribution >= 4 is 5.91 Å². The third-order valence-corrected chi connectivity index (χ3v) is 3.11. The van der Waals surface area contributed by atoms with Crippen LogP contribution < -0.4 is 0 Å². The van der Waals surface area contributed by atoms with E-state index in [0.717, 1.165) is 25.7 Å². The Bertz CT molecular complexity index is 411. The second-order valence-electron chi connectivity index (χ2n) is 4.69. The lowest BCUT2D eigenvalue weighted by molar-refractivity contribution is -0.118. The molecule has 0 radical (unpaired) electrons. The summed E-state index contributed by atoms with van der Waals surface area (Å²) in [6, 6.07) is 10.5. The molecule has 0 bridgehead atoms. The summed E-state index contributed by atoms with van der Waals surface area (Å²) < 4.78 is 0. The molecule has 102 valence electrons. The van der Waals surface area contributed by atoms with Gasteiger partial charge in [-0.2, -0.15) is 0 Å². The van der Waals surface area contributed by atoms with Gasteiger partial charge in [-0.05, 0) is 35.5 Å². The Morgan fingerprint density at radius 3 is 2.32 bits per heavy atom. The first kappa shape index (κ1) is 15.3. The zero-order valence-corrected chi connectivity index (χ0v) is 11.3. The third-order valence-electron chi connectivity index (χ3n) is 3.11. The van der Waals surface area contributed by atoms with E-state index in [9.17, 15) is 4.79 Å². The molecule has 4 heteroatoms. The minimum absolute atomic E-state index is 0.341. The summed E-state index contributed by atoms with van der Waals surface area (Å²) in [7, 11) is 0. The standard InChI is InChI=1S/C15H21N3O/c16-18-17-15(19)13-9-4-2-1-3-6-10-14-11-7-5-8-12-14/h5,7-8,11-12H,1-4,6,9-10,13H2. The minimum Gasteiger partial charge on any atom is -0.293 e. The zero-order chi connectivity index (χ0) is 13.8. The first-order valence-electron chi connectivity index (χ1n) is 6.95. The molecule has 19 heavy (non-hydrogen) atoms. The van der Waals surface area contributed by atoms with E-state index in [1.54, 1.807) is 0 Å². The van der Waals surface area contributed by atoms with Crippen molar-refractivity contribution in [2.24, 2.45) is 5.11 Å². The second-order valence-corrected chi connectivity index (χ2v) is 4.69. The van der Waals surface area contributed by atoms with E-state index in [1.165, 1.54) is 24.8 Å². The maximum Gasteiger partial charge on any atom is 0.218 e. The number of aryl methyl sites for hydroxylation is 1. The van der Waals surface area contributed by atoms with Crippen LogP contribution in [0.1, 0.15) is 50.5 Å². The van der Waals surface area contributed by atoms with Gasteiger partial charge in [0.1, 0.15) is 0 Å². The first-order valence-corrected chi connectivity index (χ1v) is 6.95. The van der Waals surface area contributed by atoms with Gasteiger partial charge in [0.05, 0.1) is 0 Å². The fourth-order valence-electron chi connectivity index (χ4n) is 2.06. The molecule has 0 atom stereocenters. The van der Waals surface area contributed by atoms with Gasteiger partial charge < -0.3 is 0 Å². The van der Waals surface area contributed by atoms with E-state index < -0.39 is 0 Å². The number of azide groups is 1. The number of hydrogen-bond acceptors (Lipinski definition) is 1. The molecular weight excluding hydrogens is 238 g/mol. The van der Waals surface area contributed by atoms with Crippen molar-refractivity contribution in [3.05, 3.63) is 46.3 Å². The van der Waals surface area contributed by atoms with Crippen LogP contribution in [-0.4, -0.2) is 5.91 Å². The van der Waals surface area contributed by atoms with Gasteiger partial charge in [0.25, 0.3) is 0 Å². The van der Waals surface area contributed by atoms with Gasteiger partial charge in [-0.1, -0.05) is 56.0 Å². The molecule has 0 fully saturated rings. The first-order chi connectivity index (χ1) is 9.33. The molecule has 0 aliphatic heterocycles. The fraction of sp³-hybridized carbons (Fsp3) is 0.533. The maximum atomic E-state index is 10.9. The lowest BCUT2D eigenvalue weighted by Crippen LogP contribution is -1.91. The van der Waals surface area contributed by atoms with Gasteiger partial charge in [0.15, 0.2) is 0 Å². The van der Waals surface area contributed by atoms with Crippen LogP contribution in [0.2, 0.25) is 0 Å². The molecule has 0 N–H and O–H groups in total. The molecule has 0 unspecified atom stereocenters. The largest absolute Gasteiger partial charge is 0.293 e. The molecule has 0 aliphatic carbocycles. The van der Waals surface area contributed by atoms with Gasteiger partial charge in [-0.25, -0.2) is 0 Å². The minimum atomic E-state index is -0.341. The van der Waals surface area contributed by atoms with Crippen molar-refractivity contribution in [3.63, 3.8) is 0 Å². The SMILES string of the molecule is [N-]=[N+]=NC(=O)CCCCCCCCc1ccccc1. The summed E-state index contributed by atoms with van der Waals surface area (Å²) in [5, 5.41) is 3.05. The Morgan fingerprint density at radius 1 is 1.00 bits per heavy atom. The highest BCUT2D eigenvalue weighted by molar-refractivity contribution is 5.76. The highest BCUT2D eigenvalue weighted by Crippen LogP contribution is 2.10. The lowest BCUT2D eigenvalue weighted by atomic mass is 10.0. The van der Waals surface area contributed by atoms with E-state index >= 15 is 0 Å². The Kier molecular flexibility index (Phi) is 8.15. The third kappa shape index (κ3) is 8.01. The van der Waals surface area contributed by atoms with Crippen molar-refractivity contribution in [1.82, 2.24) is 0 Å². The number of carbonyl (C=O) groups excluding carboxylic acids is 1. The van der Waals surface area contributed by atoms with Crippen LogP contribution in [0.5, 0.6) is 0 Å². The van der Waals surface area contributed by atoms with Crippen molar-refractivity contribution in [1.29, 1.82) is 0 Å². The summed E-state index contributed by atoms with van der Waals surface area (Å²) in [6.07, 6.45) is 8.22. The second kappa shape index (κ2) is 10.2. The maximum absolute atomic E-state index is 10.9. The van der Waals surface area contributed by atoms with E-state index in [4.69, 9.17) is 5.53 Å². The van der Waals surface area contributed by atoms with Crippen molar-refractivity contribution in [2.45, 2.75) is 51.4 Å². The predicted octanol–water partition coefficient (Wildman–Crippen LogP) is 4.80. The number of benzene rings is 1. The Balaban J connectivity index is 1.92. The molecule has 1 amide bonds. The van der Waals surface area contributed by atoms with Crippen LogP contribution in [0.3, 0.4) is 0 Å². The monoisotopic (exact) mass is 259 g/mol. The van der Waals surface area contributed by atoms with E-state index in [1.807, 2.05) is 6.07 Å². The summed E-state index contributed by atoms with van der Waals surface area (Å²) in [6.45, 7) is 0. The molecule has 0 aliphatic rings. The fourth-order valence-corrected chi connectivity index (χ4v) is 2.06. The van der Waals surface area contributed by atoms with Crippen molar-refractivity contribution < 1.29 is 4.79 Å². The summed E-state index contributed by atoms with van der Waals surface area (Å²) >= 11 is 0. The van der Waals surface area contributed by atoms with Crippen LogP contribution in [0, 0.1) is 0 Å². The highest BCUT2D eigenvalue weighted by Gasteiger charge is 1.98. The molecule has 0 heterocycles. The molecule has 1 aromatic rings. The average Bonchev–Trinajstić information content (AvgIpc) is 2.43. The molecule has 1 rings (SSSR count).